The van der Waals surface area contributed by atoms with E-state index in [9.17, 15) is 0 Å². The Bertz CT molecular complexity index is 238. The predicted octanol–water partition coefficient (Wildman–Crippen LogP) is 1.28. The number of allylic oxidation sites excluding steroid dienone is 1. The minimum Gasteiger partial charge on any atom is -0.303 e. The second-order valence-electron chi connectivity index (χ2n) is 4.99. The number of likely N-dealkylation sites (tertiary alicyclic amines) is 1. The van der Waals surface area contributed by atoms with Gasteiger partial charge in [-0.25, -0.2) is 0 Å². The quantitative estimate of drug-likeness (QED) is 0.724. The second kappa shape index (κ2) is 5.80. The van der Waals surface area contributed by atoms with Crippen LogP contribution in [0.3, 0.4) is 0 Å². The largest absolute Gasteiger partial charge is 0.303 e. The molecule has 0 aliphatic carbocycles. The maximum Gasteiger partial charge on any atom is 0.0484 e. The van der Waals surface area contributed by atoms with Crippen LogP contribution in [0.5, 0.6) is 0 Å². The topological polar surface area (TPSA) is 18.5 Å². The van der Waals surface area contributed by atoms with Crippen LogP contribution >= 0.6 is 0 Å². The SMILES string of the molecule is CC=C(CN1CCNC1)C(C)N1CCCC1. The van der Waals surface area contributed by atoms with Crippen LogP contribution in [0.2, 0.25) is 0 Å². The zero-order valence-electron chi connectivity index (χ0n) is 10.7. The lowest BCUT2D eigenvalue weighted by Crippen LogP contribution is -2.36. The number of nitrogens with one attached hydrogen (secondary N) is 1. The number of hydrogen-bond donors (Lipinski definition) is 1. The maximum atomic E-state index is 3.40. The van der Waals surface area contributed by atoms with Gasteiger partial charge in [-0.15, -0.1) is 0 Å². The van der Waals surface area contributed by atoms with E-state index in [2.05, 4.69) is 35.0 Å². The fourth-order valence-electron chi connectivity index (χ4n) is 2.77. The van der Waals surface area contributed by atoms with Crippen LogP contribution in [-0.2, 0) is 0 Å². The molecule has 1 atom stereocenters. The number of hydrogen-bond acceptors (Lipinski definition) is 3. The molecule has 16 heavy (non-hydrogen) atoms. The Morgan fingerprint density at radius 2 is 2.06 bits per heavy atom. The minimum absolute atomic E-state index is 0.633. The molecule has 3 nitrogen and oxygen atoms in total. The summed E-state index contributed by atoms with van der Waals surface area (Å²) in [5.74, 6) is 0. The molecule has 1 unspecified atom stereocenters. The van der Waals surface area contributed by atoms with Gasteiger partial charge in [-0.05, 0) is 45.4 Å². The van der Waals surface area contributed by atoms with Crippen molar-refractivity contribution < 1.29 is 0 Å². The molecule has 1 N–H and O–H groups in total. The molecule has 2 saturated heterocycles. The summed E-state index contributed by atoms with van der Waals surface area (Å²) in [6.45, 7) is 11.7. The van der Waals surface area contributed by atoms with Crippen LogP contribution in [-0.4, -0.2) is 55.2 Å². The normalized spacial score (nSPS) is 26.5. The van der Waals surface area contributed by atoms with Crippen LogP contribution in [0.15, 0.2) is 11.6 Å². The zero-order chi connectivity index (χ0) is 11.4. The van der Waals surface area contributed by atoms with E-state index >= 15 is 0 Å². The van der Waals surface area contributed by atoms with E-state index < -0.39 is 0 Å². The van der Waals surface area contributed by atoms with Crippen molar-refractivity contribution >= 4 is 0 Å². The third-order valence-electron chi connectivity index (χ3n) is 3.94. The molecule has 0 aromatic carbocycles. The smallest absolute Gasteiger partial charge is 0.0484 e. The molecule has 0 amide bonds. The Balaban J connectivity index is 1.88. The summed E-state index contributed by atoms with van der Waals surface area (Å²) in [4.78, 5) is 5.13. The van der Waals surface area contributed by atoms with E-state index in [0.717, 1.165) is 19.8 Å². The molecule has 0 saturated carbocycles. The third kappa shape index (κ3) is 2.84. The van der Waals surface area contributed by atoms with Gasteiger partial charge in [0.05, 0.1) is 0 Å². The molecule has 92 valence electrons. The molecule has 0 radical (unpaired) electrons. The average Bonchev–Trinajstić information content (AvgIpc) is 2.97. The van der Waals surface area contributed by atoms with Gasteiger partial charge in [0.15, 0.2) is 0 Å². The molecule has 2 aliphatic heterocycles. The molecule has 0 bridgehead atoms. The van der Waals surface area contributed by atoms with E-state index in [1.165, 1.54) is 32.5 Å². The van der Waals surface area contributed by atoms with Crippen LogP contribution in [0.25, 0.3) is 0 Å². The maximum absolute atomic E-state index is 3.40. The highest BCUT2D eigenvalue weighted by Crippen LogP contribution is 2.18. The van der Waals surface area contributed by atoms with Gasteiger partial charge in [-0.3, -0.25) is 9.80 Å². The van der Waals surface area contributed by atoms with E-state index in [-0.39, 0.29) is 0 Å². The van der Waals surface area contributed by atoms with Crippen LogP contribution in [0.4, 0.5) is 0 Å². The van der Waals surface area contributed by atoms with Crippen molar-refractivity contribution in [2.45, 2.75) is 32.7 Å². The standard InChI is InChI=1S/C13H25N3/c1-3-13(10-15-9-6-14-11-15)12(2)16-7-4-5-8-16/h3,12,14H,4-11H2,1-2H3. The van der Waals surface area contributed by atoms with E-state index in [1.54, 1.807) is 5.57 Å². The molecule has 2 fully saturated rings. The lowest BCUT2D eigenvalue weighted by Gasteiger charge is -2.28. The summed E-state index contributed by atoms with van der Waals surface area (Å²) < 4.78 is 0. The monoisotopic (exact) mass is 223 g/mol. The Hall–Kier alpha value is -0.380. The molecule has 0 aromatic heterocycles. The van der Waals surface area contributed by atoms with E-state index in [1.807, 2.05) is 0 Å². The van der Waals surface area contributed by atoms with Gasteiger partial charge in [0.25, 0.3) is 0 Å². The molecular formula is C13H25N3. The first kappa shape index (κ1) is 12.1. The first-order valence-electron chi connectivity index (χ1n) is 6.63. The van der Waals surface area contributed by atoms with Crippen molar-refractivity contribution in [1.29, 1.82) is 0 Å². The predicted molar refractivity (Wildman–Crippen MR) is 68.5 cm³/mol. The van der Waals surface area contributed by atoms with Gasteiger partial charge in [-0.1, -0.05) is 6.08 Å². The summed E-state index contributed by atoms with van der Waals surface area (Å²) >= 11 is 0. The Morgan fingerprint density at radius 1 is 1.31 bits per heavy atom. The average molecular weight is 223 g/mol. The Morgan fingerprint density at radius 3 is 2.62 bits per heavy atom. The molecule has 3 heteroatoms. The van der Waals surface area contributed by atoms with Crippen LogP contribution < -0.4 is 5.32 Å². The van der Waals surface area contributed by atoms with Gasteiger partial charge in [0.1, 0.15) is 0 Å². The van der Waals surface area contributed by atoms with Crippen molar-refractivity contribution in [1.82, 2.24) is 15.1 Å². The van der Waals surface area contributed by atoms with Crippen molar-refractivity contribution in [3.05, 3.63) is 11.6 Å². The lowest BCUT2D eigenvalue weighted by atomic mass is 10.1. The number of nitrogens with zero attached hydrogens (tertiary/aromatic N) is 2. The summed E-state index contributed by atoms with van der Waals surface area (Å²) in [6, 6.07) is 0.633. The number of rotatable bonds is 4. The van der Waals surface area contributed by atoms with E-state index in [0.29, 0.717) is 6.04 Å². The van der Waals surface area contributed by atoms with E-state index in [4.69, 9.17) is 0 Å². The third-order valence-corrected chi connectivity index (χ3v) is 3.94. The molecule has 2 rings (SSSR count). The van der Waals surface area contributed by atoms with Crippen LogP contribution in [0.1, 0.15) is 26.7 Å². The highest BCUT2D eigenvalue weighted by atomic mass is 15.3. The van der Waals surface area contributed by atoms with Crippen LogP contribution in [0, 0.1) is 0 Å². The molecule has 0 aromatic rings. The van der Waals surface area contributed by atoms with Gasteiger partial charge in [-0.2, -0.15) is 0 Å². The fraction of sp³-hybridized carbons (Fsp3) is 0.846. The van der Waals surface area contributed by atoms with Gasteiger partial charge >= 0.3 is 0 Å². The van der Waals surface area contributed by atoms with Crippen molar-refractivity contribution in [2.75, 3.05) is 39.4 Å². The summed E-state index contributed by atoms with van der Waals surface area (Å²) in [7, 11) is 0. The highest BCUT2D eigenvalue weighted by molar-refractivity contribution is 5.12. The fourth-order valence-corrected chi connectivity index (χ4v) is 2.77. The Kier molecular flexibility index (Phi) is 4.38. The van der Waals surface area contributed by atoms with Crippen molar-refractivity contribution in [3.8, 4) is 0 Å². The molecular weight excluding hydrogens is 198 g/mol. The Labute approximate surface area is 99.5 Å². The van der Waals surface area contributed by atoms with Crippen molar-refractivity contribution in [2.24, 2.45) is 0 Å². The van der Waals surface area contributed by atoms with Gasteiger partial charge in [0.2, 0.25) is 0 Å². The molecule has 2 aliphatic rings. The summed E-state index contributed by atoms with van der Waals surface area (Å²) in [5, 5.41) is 3.40. The first-order chi connectivity index (χ1) is 7.81. The summed E-state index contributed by atoms with van der Waals surface area (Å²) in [5.41, 5.74) is 1.59. The van der Waals surface area contributed by atoms with Gasteiger partial charge in [0, 0.05) is 32.3 Å². The zero-order valence-corrected chi connectivity index (χ0v) is 10.7. The highest BCUT2D eigenvalue weighted by Gasteiger charge is 2.22. The van der Waals surface area contributed by atoms with Gasteiger partial charge < -0.3 is 5.32 Å². The summed E-state index contributed by atoms with van der Waals surface area (Å²) in [6.07, 6.45) is 5.08. The first-order valence-corrected chi connectivity index (χ1v) is 6.63. The second-order valence-corrected chi connectivity index (χ2v) is 4.99. The molecule has 0 spiro atoms. The minimum atomic E-state index is 0.633. The molecule has 2 heterocycles. The van der Waals surface area contributed by atoms with Crippen molar-refractivity contribution in [3.63, 3.8) is 0 Å². The lowest BCUT2D eigenvalue weighted by molar-refractivity contribution is 0.266.